The molecule has 5 atom stereocenters. The lowest BCUT2D eigenvalue weighted by Crippen LogP contribution is -2.58. The van der Waals surface area contributed by atoms with E-state index in [-0.39, 0.29) is 35.8 Å². The van der Waals surface area contributed by atoms with Gasteiger partial charge in [-0.1, -0.05) is 44.2 Å². The van der Waals surface area contributed by atoms with Gasteiger partial charge in [0, 0.05) is 37.0 Å². The fourth-order valence-corrected chi connectivity index (χ4v) is 8.39. The summed E-state index contributed by atoms with van der Waals surface area (Å²) in [7, 11) is 0. The summed E-state index contributed by atoms with van der Waals surface area (Å²) in [5.74, 6) is 1.35. The molecule has 3 unspecified atom stereocenters. The number of carbonyl (C=O) groups is 1. The first-order chi connectivity index (χ1) is 18.0. The van der Waals surface area contributed by atoms with Crippen LogP contribution in [-0.4, -0.2) is 44.2 Å². The predicted octanol–water partition coefficient (Wildman–Crippen LogP) is 4.95. The monoisotopic (exact) mass is 503 g/mol. The molecule has 7 heteroatoms. The lowest BCUT2D eigenvalue weighted by molar-refractivity contribution is -0.117. The number of aromatic nitrogens is 2. The number of benzene rings is 1. The van der Waals surface area contributed by atoms with E-state index in [1.165, 1.54) is 64.2 Å². The lowest BCUT2D eigenvalue weighted by Gasteiger charge is -2.54. The first kappa shape index (κ1) is 24.8. The minimum absolute atomic E-state index is 0.0543. The van der Waals surface area contributed by atoms with Gasteiger partial charge in [0.2, 0.25) is 5.91 Å². The van der Waals surface area contributed by atoms with Crippen LogP contribution in [0.4, 0.5) is 0 Å². The second-order valence-corrected chi connectivity index (χ2v) is 12.3. The second kappa shape index (κ2) is 10.3. The summed E-state index contributed by atoms with van der Waals surface area (Å²) in [4.78, 5) is 32.7. The summed E-state index contributed by atoms with van der Waals surface area (Å²) in [5.41, 5.74) is 7.00. The number of amides is 1. The molecule has 2 aliphatic carbocycles. The van der Waals surface area contributed by atoms with Crippen LogP contribution in [0.3, 0.4) is 0 Å². The zero-order valence-corrected chi connectivity index (χ0v) is 21.9. The smallest absolute Gasteiger partial charge is 0.279 e. The van der Waals surface area contributed by atoms with Crippen LogP contribution in [0.1, 0.15) is 102 Å². The molecular weight excluding hydrogens is 462 g/mol. The standard InChI is InChI=1S/C30H41N5O2/c31-25(12-13-28(32)36)29-30(37)35(27-11-4-3-10-26(27)33-29)24-17-21-8-5-9-22(18-24)34(21)23-15-19-6-1-2-7-20(14-19)16-23/h3-4,10-11,19-24,31H,1-2,5-9,12-18H2,(H2,32,36)/t19?,20?,21-,22+,23?,24?. The van der Waals surface area contributed by atoms with Gasteiger partial charge in [-0.05, 0) is 68.9 Å². The van der Waals surface area contributed by atoms with Crippen molar-refractivity contribution in [2.75, 3.05) is 0 Å². The Labute approximate surface area is 219 Å². The molecule has 2 saturated heterocycles. The zero-order valence-electron chi connectivity index (χ0n) is 21.9. The number of primary amides is 1. The van der Waals surface area contributed by atoms with E-state index in [1.807, 2.05) is 28.8 Å². The number of hydrogen-bond acceptors (Lipinski definition) is 5. The highest BCUT2D eigenvalue weighted by Gasteiger charge is 2.45. The molecule has 1 amide bonds. The maximum absolute atomic E-state index is 13.9. The third-order valence-electron chi connectivity index (χ3n) is 9.85. The van der Waals surface area contributed by atoms with E-state index in [0.717, 1.165) is 35.7 Å². The van der Waals surface area contributed by atoms with Crippen molar-refractivity contribution in [2.45, 2.75) is 114 Å². The molecule has 6 rings (SSSR count). The van der Waals surface area contributed by atoms with Crippen LogP contribution in [-0.2, 0) is 4.79 Å². The van der Waals surface area contributed by atoms with Gasteiger partial charge >= 0.3 is 0 Å². The summed E-state index contributed by atoms with van der Waals surface area (Å²) in [6.45, 7) is 0. The minimum Gasteiger partial charge on any atom is -0.370 e. The maximum Gasteiger partial charge on any atom is 0.279 e. The van der Waals surface area contributed by atoms with Crippen molar-refractivity contribution < 1.29 is 4.79 Å². The Hall–Kier alpha value is -2.54. The van der Waals surface area contributed by atoms with Crippen LogP contribution >= 0.6 is 0 Å². The number of nitrogens with two attached hydrogens (primary N) is 1. The van der Waals surface area contributed by atoms with Crippen molar-refractivity contribution in [3.05, 3.63) is 40.3 Å². The van der Waals surface area contributed by atoms with E-state index in [4.69, 9.17) is 11.1 Å². The molecule has 2 saturated carbocycles. The number of hydrogen-bond donors (Lipinski definition) is 2. The minimum atomic E-state index is -0.464. The van der Waals surface area contributed by atoms with E-state index in [0.29, 0.717) is 18.1 Å². The largest absolute Gasteiger partial charge is 0.370 e. The Balaban J connectivity index is 1.31. The van der Waals surface area contributed by atoms with Crippen molar-refractivity contribution in [3.8, 4) is 0 Å². The number of carbonyl (C=O) groups excluding carboxylic acids is 1. The van der Waals surface area contributed by atoms with Crippen LogP contribution in [0.5, 0.6) is 0 Å². The molecule has 4 aliphatic rings. The lowest BCUT2D eigenvalue weighted by atomic mass is 9.73. The third-order valence-corrected chi connectivity index (χ3v) is 9.85. The van der Waals surface area contributed by atoms with E-state index in [2.05, 4.69) is 9.88 Å². The normalized spacial score (nSPS) is 32.1. The molecule has 4 fully saturated rings. The highest BCUT2D eigenvalue weighted by molar-refractivity contribution is 5.99. The van der Waals surface area contributed by atoms with Gasteiger partial charge in [-0.2, -0.15) is 0 Å². The summed E-state index contributed by atoms with van der Waals surface area (Å²) in [5, 5.41) is 8.53. The molecule has 1 aromatic carbocycles. The van der Waals surface area contributed by atoms with Crippen LogP contribution in [0.25, 0.3) is 11.0 Å². The molecule has 0 spiro atoms. The van der Waals surface area contributed by atoms with Crippen LogP contribution in [0, 0.1) is 17.2 Å². The molecular formula is C30H41N5O2. The topological polar surface area (TPSA) is 105 Å². The highest BCUT2D eigenvalue weighted by Crippen LogP contribution is 2.46. The van der Waals surface area contributed by atoms with Gasteiger partial charge in [-0.25, -0.2) is 4.98 Å². The molecule has 3 N–H and O–H groups in total. The van der Waals surface area contributed by atoms with Crippen molar-refractivity contribution in [2.24, 2.45) is 17.6 Å². The van der Waals surface area contributed by atoms with Gasteiger partial charge in [0.1, 0.15) is 5.69 Å². The van der Waals surface area contributed by atoms with Crippen molar-refractivity contribution in [1.82, 2.24) is 14.5 Å². The van der Waals surface area contributed by atoms with Crippen molar-refractivity contribution >= 4 is 22.7 Å². The summed E-state index contributed by atoms with van der Waals surface area (Å²) in [6, 6.07) is 9.70. The first-order valence-corrected chi connectivity index (χ1v) is 14.6. The molecule has 1 aromatic heterocycles. The molecule has 2 aliphatic heterocycles. The van der Waals surface area contributed by atoms with E-state index in [1.54, 1.807) is 0 Å². The third kappa shape index (κ3) is 4.87. The Bertz CT molecular complexity index is 1210. The quantitative estimate of drug-likeness (QED) is 0.544. The molecule has 198 valence electrons. The maximum atomic E-state index is 13.9. The number of fused-ring (bicyclic) bond motifs is 5. The second-order valence-electron chi connectivity index (χ2n) is 12.3. The Morgan fingerprint density at radius 3 is 2.22 bits per heavy atom. The van der Waals surface area contributed by atoms with E-state index in [9.17, 15) is 9.59 Å². The molecule has 3 heterocycles. The van der Waals surface area contributed by atoms with Crippen LogP contribution < -0.4 is 11.3 Å². The van der Waals surface area contributed by atoms with E-state index >= 15 is 0 Å². The van der Waals surface area contributed by atoms with Crippen LogP contribution in [0.2, 0.25) is 0 Å². The Morgan fingerprint density at radius 2 is 1.54 bits per heavy atom. The summed E-state index contributed by atoms with van der Waals surface area (Å²) in [6.07, 6.45) is 15.8. The molecule has 37 heavy (non-hydrogen) atoms. The fraction of sp³-hybridized carbons (Fsp3) is 0.667. The molecule has 4 bridgehead atoms. The molecule has 2 aromatic rings. The Morgan fingerprint density at radius 1 is 0.865 bits per heavy atom. The predicted molar refractivity (Wildman–Crippen MR) is 146 cm³/mol. The molecule has 0 radical (unpaired) electrons. The first-order valence-electron chi connectivity index (χ1n) is 14.6. The van der Waals surface area contributed by atoms with Crippen molar-refractivity contribution in [1.29, 1.82) is 5.41 Å². The van der Waals surface area contributed by atoms with E-state index < -0.39 is 5.91 Å². The number of piperidine rings is 2. The summed E-state index contributed by atoms with van der Waals surface area (Å²) >= 11 is 0. The van der Waals surface area contributed by atoms with Gasteiger partial charge in [0.25, 0.3) is 5.56 Å². The number of para-hydroxylation sites is 2. The number of rotatable bonds is 6. The molecule has 7 nitrogen and oxygen atoms in total. The van der Waals surface area contributed by atoms with Gasteiger partial charge in [0.15, 0.2) is 0 Å². The van der Waals surface area contributed by atoms with Gasteiger partial charge < -0.3 is 15.7 Å². The van der Waals surface area contributed by atoms with Gasteiger partial charge in [-0.15, -0.1) is 0 Å². The zero-order chi connectivity index (χ0) is 25.5. The number of nitrogens with zero attached hydrogens (tertiary/aromatic N) is 3. The average Bonchev–Trinajstić information content (AvgIpc) is 3.05. The fourth-order valence-electron chi connectivity index (χ4n) is 8.39. The highest BCUT2D eigenvalue weighted by atomic mass is 16.1. The van der Waals surface area contributed by atoms with Gasteiger partial charge in [-0.3, -0.25) is 14.5 Å². The van der Waals surface area contributed by atoms with Gasteiger partial charge in [0.05, 0.1) is 16.7 Å². The van der Waals surface area contributed by atoms with Crippen molar-refractivity contribution in [3.63, 3.8) is 0 Å². The number of nitrogens with one attached hydrogen (secondary N) is 1. The van der Waals surface area contributed by atoms with Crippen LogP contribution in [0.15, 0.2) is 29.1 Å². The summed E-state index contributed by atoms with van der Waals surface area (Å²) < 4.78 is 1.96. The Kier molecular flexibility index (Phi) is 6.91. The SMILES string of the molecule is N=C(CCC(N)=O)c1nc2ccccc2n(C2C[C@H]3CCC[C@@H](C2)N3C2CC3CCCCC(C3)C2)c1=O. The average molecular weight is 504 g/mol.